The molecule has 3 aromatic carbocycles. The Hall–Kier alpha value is -4.72. The van der Waals surface area contributed by atoms with Crippen molar-refractivity contribution < 1.29 is 14.3 Å². The van der Waals surface area contributed by atoms with Crippen molar-refractivity contribution in [1.29, 1.82) is 0 Å². The van der Waals surface area contributed by atoms with Crippen molar-refractivity contribution in [2.75, 3.05) is 11.9 Å². The van der Waals surface area contributed by atoms with Crippen LogP contribution in [-0.4, -0.2) is 32.6 Å². The normalized spacial score (nSPS) is 11.0. The van der Waals surface area contributed by atoms with Gasteiger partial charge in [0, 0.05) is 11.1 Å². The number of aromatic nitrogens is 3. The first-order chi connectivity index (χ1) is 17.5. The Bertz CT molecular complexity index is 1620. The number of nitrogens with zero attached hydrogens (tertiary/aromatic N) is 3. The number of rotatable bonds is 7. The highest BCUT2D eigenvalue weighted by Gasteiger charge is 2.18. The van der Waals surface area contributed by atoms with Crippen molar-refractivity contribution in [3.05, 3.63) is 107 Å². The molecule has 2 heterocycles. The van der Waals surface area contributed by atoms with Crippen LogP contribution in [0.4, 0.5) is 5.69 Å². The smallest absolute Gasteiger partial charge is 0.338 e. The number of carbonyl (C=O) groups is 2. The molecule has 2 aromatic heterocycles. The summed E-state index contributed by atoms with van der Waals surface area (Å²) in [6.45, 7) is 2.34. The highest BCUT2D eigenvalue weighted by Crippen LogP contribution is 2.25. The van der Waals surface area contributed by atoms with Crippen molar-refractivity contribution in [2.45, 2.75) is 20.0 Å². The first kappa shape index (κ1) is 23.0. The minimum atomic E-state index is -0.417. The maximum Gasteiger partial charge on any atom is 0.338 e. The number of ether oxygens (including phenoxy) is 1. The standard InChI is InChI=1S/C28H24N4O4/c1-2-36-28(35)20-12-14-21(15-13-20)30-24(33)17-32-23-11-7-6-10-22(23)25-26(32)27(34)31(18-29-25)16-19-8-4-3-5-9-19/h3-15,18H,2,16-17H2,1H3,(H,30,33). The molecule has 5 rings (SSSR count). The van der Waals surface area contributed by atoms with E-state index >= 15 is 0 Å². The van der Waals surface area contributed by atoms with Gasteiger partial charge in [-0.2, -0.15) is 0 Å². The van der Waals surface area contributed by atoms with Gasteiger partial charge in [0.1, 0.15) is 17.6 Å². The largest absolute Gasteiger partial charge is 0.462 e. The molecule has 0 radical (unpaired) electrons. The van der Waals surface area contributed by atoms with E-state index < -0.39 is 5.97 Å². The number of nitrogens with one attached hydrogen (secondary N) is 1. The van der Waals surface area contributed by atoms with Crippen LogP contribution >= 0.6 is 0 Å². The Labute approximate surface area is 206 Å². The molecule has 0 aliphatic carbocycles. The summed E-state index contributed by atoms with van der Waals surface area (Å²) >= 11 is 0. The molecule has 8 heteroatoms. The second-order valence-electron chi connectivity index (χ2n) is 8.31. The monoisotopic (exact) mass is 480 g/mol. The molecule has 0 bridgehead atoms. The average Bonchev–Trinajstić information content (AvgIpc) is 3.21. The summed E-state index contributed by atoms with van der Waals surface area (Å²) in [7, 11) is 0. The molecule has 0 saturated heterocycles. The van der Waals surface area contributed by atoms with Gasteiger partial charge in [0.15, 0.2) is 0 Å². The predicted octanol–water partition coefficient (Wildman–Crippen LogP) is 4.21. The zero-order valence-corrected chi connectivity index (χ0v) is 19.7. The Balaban J connectivity index is 1.47. The molecule has 5 aromatic rings. The van der Waals surface area contributed by atoms with Crippen molar-refractivity contribution in [3.63, 3.8) is 0 Å². The second-order valence-corrected chi connectivity index (χ2v) is 8.31. The van der Waals surface area contributed by atoms with Crippen LogP contribution in [0.15, 0.2) is 90.0 Å². The van der Waals surface area contributed by atoms with E-state index in [2.05, 4.69) is 10.3 Å². The quantitative estimate of drug-likeness (QED) is 0.352. The summed E-state index contributed by atoms with van der Waals surface area (Å²) < 4.78 is 8.26. The first-order valence-electron chi connectivity index (χ1n) is 11.6. The highest BCUT2D eigenvalue weighted by molar-refractivity contribution is 6.06. The topological polar surface area (TPSA) is 95.2 Å². The third-order valence-corrected chi connectivity index (χ3v) is 5.91. The van der Waals surface area contributed by atoms with Crippen LogP contribution in [0.25, 0.3) is 21.9 Å². The lowest BCUT2D eigenvalue weighted by molar-refractivity contribution is -0.116. The third kappa shape index (κ3) is 4.48. The van der Waals surface area contributed by atoms with Gasteiger partial charge >= 0.3 is 5.97 Å². The molecular formula is C28H24N4O4. The molecular weight excluding hydrogens is 456 g/mol. The molecule has 1 N–H and O–H groups in total. The molecule has 8 nitrogen and oxygen atoms in total. The lowest BCUT2D eigenvalue weighted by atomic mass is 10.2. The molecule has 0 aliphatic heterocycles. The fraction of sp³-hybridized carbons (Fsp3) is 0.143. The molecule has 180 valence electrons. The van der Waals surface area contributed by atoms with Gasteiger partial charge in [0.2, 0.25) is 5.91 Å². The fourth-order valence-electron chi connectivity index (χ4n) is 4.25. The average molecular weight is 481 g/mol. The van der Waals surface area contributed by atoms with Gasteiger partial charge in [-0.1, -0.05) is 48.5 Å². The Morgan fingerprint density at radius 3 is 2.42 bits per heavy atom. The molecule has 0 fully saturated rings. The van der Waals surface area contributed by atoms with E-state index in [1.807, 2.05) is 54.6 Å². The number of benzene rings is 3. The lowest BCUT2D eigenvalue weighted by Crippen LogP contribution is -2.25. The summed E-state index contributed by atoms with van der Waals surface area (Å²) in [6, 6.07) is 23.7. The van der Waals surface area contributed by atoms with Crippen molar-refractivity contribution in [2.24, 2.45) is 0 Å². The fourth-order valence-corrected chi connectivity index (χ4v) is 4.25. The van der Waals surface area contributed by atoms with Crippen LogP contribution in [0.1, 0.15) is 22.8 Å². The van der Waals surface area contributed by atoms with Crippen molar-refractivity contribution in [1.82, 2.24) is 14.1 Å². The molecule has 0 aliphatic rings. The van der Waals surface area contributed by atoms with Gasteiger partial charge < -0.3 is 14.6 Å². The number of esters is 1. The van der Waals surface area contributed by atoms with E-state index in [0.29, 0.717) is 28.8 Å². The van der Waals surface area contributed by atoms with E-state index in [9.17, 15) is 14.4 Å². The van der Waals surface area contributed by atoms with Crippen LogP contribution in [0.2, 0.25) is 0 Å². The van der Waals surface area contributed by atoms with Crippen molar-refractivity contribution >= 4 is 39.5 Å². The zero-order valence-electron chi connectivity index (χ0n) is 19.7. The summed E-state index contributed by atoms with van der Waals surface area (Å²) in [6.07, 6.45) is 1.56. The van der Waals surface area contributed by atoms with Gasteiger partial charge in [-0.05, 0) is 42.8 Å². The van der Waals surface area contributed by atoms with Crippen LogP contribution in [0.3, 0.4) is 0 Å². The molecule has 0 spiro atoms. The van der Waals surface area contributed by atoms with Crippen molar-refractivity contribution in [3.8, 4) is 0 Å². The third-order valence-electron chi connectivity index (χ3n) is 5.91. The number of hydrogen-bond donors (Lipinski definition) is 1. The number of hydrogen-bond acceptors (Lipinski definition) is 5. The number of para-hydroxylation sites is 1. The summed E-state index contributed by atoms with van der Waals surface area (Å²) in [5, 5.41) is 3.65. The predicted molar refractivity (Wildman–Crippen MR) is 138 cm³/mol. The maximum atomic E-state index is 13.5. The lowest BCUT2D eigenvalue weighted by Gasteiger charge is -2.10. The number of carbonyl (C=O) groups excluding carboxylic acids is 2. The van der Waals surface area contributed by atoms with Gasteiger partial charge in [-0.25, -0.2) is 9.78 Å². The van der Waals surface area contributed by atoms with Gasteiger partial charge in [-0.3, -0.25) is 14.2 Å². The molecule has 0 unspecified atom stereocenters. The van der Waals surface area contributed by atoms with Gasteiger partial charge in [0.05, 0.1) is 30.6 Å². The van der Waals surface area contributed by atoms with E-state index in [4.69, 9.17) is 4.74 Å². The van der Waals surface area contributed by atoms with Gasteiger partial charge in [0.25, 0.3) is 5.56 Å². The van der Waals surface area contributed by atoms with E-state index in [1.54, 1.807) is 46.7 Å². The number of amides is 1. The minimum absolute atomic E-state index is 0.0735. The van der Waals surface area contributed by atoms with Gasteiger partial charge in [-0.15, -0.1) is 0 Å². The number of fused-ring (bicyclic) bond motifs is 3. The molecule has 36 heavy (non-hydrogen) atoms. The summed E-state index contributed by atoms with van der Waals surface area (Å²) in [5.41, 5.74) is 3.39. The van der Waals surface area contributed by atoms with E-state index in [0.717, 1.165) is 16.5 Å². The van der Waals surface area contributed by atoms with Crippen LogP contribution in [-0.2, 0) is 22.6 Å². The highest BCUT2D eigenvalue weighted by atomic mass is 16.5. The summed E-state index contributed by atoms with van der Waals surface area (Å²) in [5.74, 6) is -0.723. The van der Waals surface area contributed by atoms with Crippen LogP contribution in [0.5, 0.6) is 0 Å². The SMILES string of the molecule is CCOC(=O)c1ccc(NC(=O)Cn2c3ccccc3c3ncn(Cc4ccccc4)c(=O)c32)cc1. The molecule has 0 atom stereocenters. The first-order valence-corrected chi connectivity index (χ1v) is 11.6. The molecule has 1 amide bonds. The Kier molecular flexibility index (Phi) is 6.32. The second kappa shape index (κ2) is 9.87. The van der Waals surface area contributed by atoms with Crippen LogP contribution < -0.4 is 10.9 Å². The van der Waals surface area contributed by atoms with E-state index in [-0.39, 0.29) is 24.6 Å². The summed E-state index contributed by atoms with van der Waals surface area (Å²) in [4.78, 5) is 43.0. The zero-order chi connectivity index (χ0) is 25.1. The minimum Gasteiger partial charge on any atom is -0.462 e. The molecule has 0 saturated carbocycles. The Morgan fingerprint density at radius 1 is 0.944 bits per heavy atom. The van der Waals surface area contributed by atoms with Crippen LogP contribution in [0, 0.1) is 0 Å². The number of anilines is 1. The maximum absolute atomic E-state index is 13.5. The van der Waals surface area contributed by atoms with E-state index in [1.165, 1.54) is 0 Å². The Morgan fingerprint density at radius 2 is 1.67 bits per heavy atom.